The van der Waals surface area contributed by atoms with Gasteiger partial charge >= 0.3 is 0 Å². The molecule has 0 aliphatic rings. The van der Waals surface area contributed by atoms with Crippen molar-refractivity contribution in [2.45, 2.75) is 17.7 Å². The molecule has 1 atom stereocenters. The van der Waals surface area contributed by atoms with Gasteiger partial charge in [0.15, 0.2) is 9.84 Å². The number of sulfone groups is 1. The molecule has 0 fully saturated rings. The lowest BCUT2D eigenvalue weighted by molar-refractivity contribution is -0.384. The summed E-state index contributed by atoms with van der Waals surface area (Å²) in [5.41, 5.74) is 0.778. The second-order valence-corrected chi connectivity index (χ2v) is 8.19. The average Bonchev–Trinajstić information content (AvgIpc) is 2.64. The number of hydrogen-bond acceptors (Lipinski definition) is 6. The van der Waals surface area contributed by atoms with Gasteiger partial charge in [-0.3, -0.25) is 14.9 Å². The first-order valence-corrected chi connectivity index (χ1v) is 10.1. The zero-order valence-corrected chi connectivity index (χ0v) is 15.8. The summed E-state index contributed by atoms with van der Waals surface area (Å²) in [5, 5.41) is 16.6. The molecule has 0 bridgehead atoms. The van der Waals surface area contributed by atoms with Crippen molar-refractivity contribution in [2.24, 2.45) is 0 Å². The molecular formula is C18H21N3O5S. The maximum absolute atomic E-state index is 12.0. The van der Waals surface area contributed by atoms with E-state index < -0.39 is 20.4 Å². The summed E-state index contributed by atoms with van der Waals surface area (Å²) < 4.78 is 23.1. The van der Waals surface area contributed by atoms with Crippen LogP contribution in [0.25, 0.3) is 0 Å². The maximum Gasteiger partial charge on any atom is 0.293 e. The van der Waals surface area contributed by atoms with Crippen LogP contribution < -0.4 is 10.6 Å². The van der Waals surface area contributed by atoms with Gasteiger partial charge in [0.25, 0.3) is 5.69 Å². The highest BCUT2D eigenvalue weighted by atomic mass is 32.2. The Balaban J connectivity index is 1.97. The molecule has 0 aromatic heterocycles. The fourth-order valence-electron chi connectivity index (χ4n) is 2.45. The van der Waals surface area contributed by atoms with Gasteiger partial charge in [0.05, 0.1) is 16.4 Å². The molecule has 0 saturated carbocycles. The Morgan fingerprint density at radius 3 is 2.44 bits per heavy atom. The molecule has 0 radical (unpaired) electrons. The van der Waals surface area contributed by atoms with E-state index in [0.29, 0.717) is 6.54 Å². The molecule has 2 rings (SSSR count). The second kappa shape index (κ2) is 8.63. The van der Waals surface area contributed by atoms with E-state index >= 15 is 0 Å². The lowest BCUT2D eigenvalue weighted by Crippen LogP contribution is -2.32. The first-order valence-electron chi connectivity index (χ1n) is 8.22. The van der Waals surface area contributed by atoms with Crippen LogP contribution in [0.3, 0.4) is 0 Å². The van der Waals surface area contributed by atoms with E-state index in [1.807, 2.05) is 37.3 Å². The van der Waals surface area contributed by atoms with Crippen LogP contribution in [0.1, 0.15) is 18.4 Å². The van der Waals surface area contributed by atoms with Crippen LogP contribution in [0, 0.1) is 10.1 Å². The molecule has 0 heterocycles. The molecule has 2 aromatic rings. The molecule has 0 saturated heterocycles. The summed E-state index contributed by atoms with van der Waals surface area (Å²) in [6.45, 7) is 2.25. The maximum atomic E-state index is 12.0. The fourth-order valence-corrected chi connectivity index (χ4v) is 3.09. The number of nitrogens with zero attached hydrogens (tertiary/aromatic N) is 1. The van der Waals surface area contributed by atoms with Crippen LogP contribution in [-0.2, 0) is 14.6 Å². The van der Waals surface area contributed by atoms with Gasteiger partial charge in [-0.05, 0) is 23.6 Å². The van der Waals surface area contributed by atoms with E-state index in [2.05, 4.69) is 10.6 Å². The van der Waals surface area contributed by atoms with Gasteiger partial charge in [0.1, 0.15) is 5.69 Å². The van der Waals surface area contributed by atoms with Crippen molar-refractivity contribution < 1.29 is 18.1 Å². The molecule has 2 aromatic carbocycles. The van der Waals surface area contributed by atoms with Crippen LogP contribution in [0.2, 0.25) is 0 Å². The highest BCUT2D eigenvalue weighted by Crippen LogP contribution is 2.27. The third-order valence-corrected chi connectivity index (χ3v) is 5.12. The third-order valence-electron chi connectivity index (χ3n) is 4.01. The summed E-state index contributed by atoms with van der Waals surface area (Å²) in [6.07, 6.45) is 0.973. The smallest absolute Gasteiger partial charge is 0.293 e. The van der Waals surface area contributed by atoms with E-state index in [1.165, 1.54) is 12.1 Å². The summed E-state index contributed by atoms with van der Waals surface area (Å²) in [7, 11) is -3.56. The molecular weight excluding hydrogens is 370 g/mol. The normalized spacial score (nSPS) is 12.2. The predicted octanol–water partition coefficient (Wildman–Crippen LogP) is 2.33. The van der Waals surface area contributed by atoms with E-state index in [-0.39, 0.29) is 29.0 Å². The average molecular weight is 391 g/mol. The van der Waals surface area contributed by atoms with Gasteiger partial charge in [-0.2, -0.15) is 0 Å². The van der Waals surface area contributed by atoms with Crippen molar-refractivity contribution >= 4 is 27.1 Å². The lowest BCUT2D eigenvalue weighted by Gasteiger charge is -2.14. The number of nitro groups is 1. The second-order valence-electron chi connectivity index (χ2n) is 6.18. The zero-order chi connectivity index (χ0) is 20.0. The highest BCUT2D eigenvalue weighted by molar-refractivity contribution is 7.90. The topological polar surface area (TPSA) is 118 Å². The Hall–Kier alpha value is -2.94. The molecule has 0 spiro atoms. The summed E-state index contributed by atoms with van der Waals surface area (Å²) in [5.74, 6) is -0.196. The molecule has 8 nitrogen and oxygen atoms in total. The number of benzene rings is 2. The van der Waals surface area contributed by atoms with Crippen LogP contribution in [0.5, 0.6) is 0 Å². The summed E-state index contributed by atoms with van der Waals surface area (Å²) >= 11 is 0. The molecule has 144 valence electrons. The van der Waals surface area contributed by atoms with Gasteiger partial charge in [0, 0.05) is 18.9 Å². The van der Waals surface area contributed by atoms with Crippen molar-refractivity contribution in [3.8, 4) is 0 Å². The molecule has 27 heavy (non-hydrogen) atoms. The van der Waals surface area contributed by atoms with Crippen molar-refractivity contribution in [3.63, 3.8) is 0 Å². The number of nitrogens with one attached hydrogen (secondary N) is 2. The molecule has 9 heteroatoms. The minimum absolute atomic E-state index is 0.0821. The van der Waals surface area contributed by atoms with Crippen molar-refractivity contribution in [2.75, 3.05) is 24.7 Å². The van der Waals surface area contributed by atoms with E-state index in [0.717, 1.165) is 17.9 Å². The van der Waals surface area contributed by atoms with Crippen LogP contribution in [-0.4, -0.2) is 38.6 Å². The zero-order valence-electron chi connectivity index (χ0n) is 15.0. The predicted molar refractivity (Wildman–Crippen MR) is 103 cm³/mol. The largest absolute Gasteiger partial charge is 0.371 e. The molecule has 0 unspecified atom stereocenters. The van der Waals surface area contributed by atoms with Gasteiger partial charge in [0.2, 0.25) is 5.91 Å². The minimum atomic E-state index is -3.56. The van der Waals surface area contributed by atoms with E-state index in [9.17, 15) is 23.3 Å². The first-order chi connectivity index (χ1) is 12.7. The van der Waals surface area contributed by atoms with Gasteiger partial charge in [-0.15, -0.1) is 0 Å². The van der Waals surface area contributed by atoms with Crippen molar-refractivity contribution in [1.29, 1.82) is 0 Å². The Labute approximate surface area is 157 Å². The molecule has 1 amide bonds. The Bertz CT molecular complexity index is 929. The van der Waals surface area contributed by atoms with Crippen LogP contribution in [0.4, 0.5) is 11.4 Å². The van der Waals surface area contributed by atoms with Crippen LogP contribution >= 0.6 is 0 Å². The quantitative estimate of drug-likeness (QED) is 0.527. The summed E-state index contributed by atoms with van der Waals surface area (Å²) in [6, 6.07) is 13.2. The number of rotatable bonds is 8. The van der Waals surface area contributed by atoms with Gasteiger partial charge in [-0.25, -0.2) is 8.42 Å². The molecule has 0 aliphatic heterocycles. The van der Waals surface area contributed by atoms with E-state index in [1.54, 1.807) is 0 Å². The van der Waals surface area contributed by atoms with E-state index in [4.69, 9.17) is 0 Å². The molecule has 0 aliphatic carbocycles. The van der Waals surface area contributed by atoms with Crippen molar-refractivity contribution in [3.05, 3.63) is 64.2 Å². The van der Waals surface area contributed by atoms with Gasteiger partial charge in [-0.1, -0.05) is 37.3 Å². The molecule has 2 N–H and O–H groups in total. The standard InChI is InChI=1S/C18H21N3O5S/c1-13(14-6-4-3-5-7-14)11-20-18(22)12-19-16-9-8-15(27(2,25)26)10-17(16)21(23)24/h3-10,13,19H,11-12H2,1-2H3,(H,20,22)/t13-/m1/s1. The van der Waals surface area contributed by atoms with Crippen LogP contribution in [0.15, 0.2) is 53.4 Å². The number of carbonyl (C=O) groups is 1. The van der Waals surface area contributed by atoms with Gasteiger partial charge < -0.3 is 10.6 Å². The monoisotopic (exact) mass is 391 g/mol. The number of amides is 1. The number of anilines is 1. The lowest BCUT2D eigenvalue weighted by atomic mass is 10.0. The minimum Gasteiger partial charge on any atom is -0.371 e. The number of carbonyl (C=O) groups excluding carboxylic acids is 1. The third kappa shape index (κ3) is 5.78. The SMILES string of the molecule is C[C@H](CNC(=O)CNc1ccc(S(C)(=O)=O)cc1[N+](=O)[O-])c1ccccc1. The Morgan fingerprint density at radius 2 is 1.85 bits per heavy atom. The Kier molecular flexibility index (Phi) is 6.51. The number of nitro benzene ring substituents is 1. The summed E-state index contributed by atoms with van der Waals surface area (Å²) in [4.78, 5) is 22.4. The highest BCUT2D eigenvalue weighted by Gasteiger charge is 2.19. The fraction of sp³-hybridized carbons (Fsp3) is 0.278. The van der Waals surface area contributed by atoms with Crippen molar-refractivity contribution in [1.82, 2.24) is 5.32 Å². The Morgan fingerprint density at radius 1 is 1.19 bits per heavy atom. The first kappa shape index (κ1) is 20.4. The number of hydrogen-bond donors (Lipinski definition) is 2.